The number of rotatable bonds is 4. The normalized spacial score (nSPS) is 12.1. The average molecular weight is 264 g/mol. The van der Waals surface area contributed by atoms with Crippen LogP contribution in [0.3, 0.4) is 0 Å². The summed E-state index contributed by atoms with van der Waals surface area (Å²) in [6.07, 6.45) is 3.52. The zero-order chi connectivity index (χ0) is 13.0. The van der Waals surface area contributed by atoms with Gasteiger partial charge in [0.15, 0.2) is 0 Å². The molecule has 1 N–H and O–H groups in total. The number of hydrogen-bond donors (Lipinski definition) is 1. The number of amides is 1. The lowest BCUT2D eigenvalue weighted by Gasteiger charge is -2.10. The molecule has 5 heteroatoms. The molecule has 1 amide bonds. The van der Waals surface area contributed by atoms with Crippen molar-refractivity contribution in [2.45, 2.75) is 11.9 Å². The van der Waals surface area contributed by atoms with E-state index in [1.54, 1.807) is 6.20 Å². The minimum Gasteiger partial charge on any atom is -0.347 e. The first kappa shape index (κ1) is 12.6. The molecule has 4 nitrogen and oxygen atoms in total. The third-order valence-electron chi connectivity index (χ3n) is 2.66. The lowest BCUT2D eigenvalue weighted by molar-refractivity contribution is -0.121. The number of hydrogen-bond acceptors (Lipinski definition) is 2. The van der Waals surface area contributed by atoms with E-state index < -0.39 is 5.38 Å². The number of carbonyl (C=O) groups excluding carboxylic acids is 1. The minimum absolute atomic E-state index is 0.217. The summed E-state index contributed by atoms with van der Waals surface area (Å²) in [6, 6.07) is 9.27. The van der Waals surface area contributed by atoms with Crippen LogP contribution in [0.25, 0.3) is 0 Å². The SMILES string of the molecule is Cn1ccnc1CNC(=O)C(Cl)c1ccccc1. The van der Waals surface area contributed by atoms with Gasteiger partial charge in [0.05, 0.1) is 6.54 Å². The smallest absolute Gasteiger partial charge is 0.242 e. The predicted octanol–water partition coefficient (Wildman–Crippen LogP) is 2.02. The molecule has 1 aromatic heterocycles. The van der Waals surface area contributed by atoms with E-state index in [9.17, 15) is 4.79 Å². The van der Waals surface area contributed by atoms with Gasteiger partial charge >= 0.3 is 0 Å². The summed E-state index contributed by atoms with van der Waals surface area (Å²) < 4.78 is 1.85. The van der Waals surface area contributed by atoms with Crippen LogP contribution in [0.1, 0.15) is 16.8 Å². The van der Waals surface area contributed by atoms with Crippen LogP contribution >= 0.6 is 11.6 Å². The Labute approximate surface area is 111 Å². The van der Waals surface area contributed by atoms with E-state index in [2.05, 4.69) is 10.3 Å². The maximum Gasteiger partial charge on any atom is 0.242 e. The van der Waals surface area contributed by atoms with Crippen LogP contribution in [-0.4, -0.2) is 15.5 Å². The van der Waals surface area contributed by atoms with Gasteiger partial charge in [0.25, 0.3) is 0 Å². The molecular formula is C13H14ClN3O. The summed E-state index contributed by atoms with van der Waals surface area (Å²) in [7, 11) is 1.88. The highest BCUT2D eigenvalue weighted by Crippen LogP contribution is 2.19. The Balaban J connectivity index is 1.95. The Morgan fingerprint density at radius 1 is 1.44 bits per heavy atom. The number of aromatic nitrogens is 2. The van der Waals surface area contributed by atoms with E-state index in [0.717, 1.165) is 11.4 Å². The van der Waals surface area contributed by atoms with Crippen molar-refractivity contribution >= 4 is 17.5 Å². The topological polar surface area (TPSA) is 46.9 Å². The quantitative estimate of drug-likeness (QED) is 0.858. The fraction of sp³-hybridized carbons (Fsp3) is 0.231. The molecule has 1 atom stereocenters. The first-order valence-corrected chi connectivity index (χ1v) is 6.05. The maximum atomic E-state index is 11.9. The zero-order valence-electron chi connectivity index (χ0n) is 10.0. The molecule has 18 heavy (non-hydrogen) atoms. The van der Waals surface area contributed by atoms with Crippen LogP contribution in [0.4, 0.5) is 0 Å². The summed E-state index contributed by atoms with van der Waals surface area (Å²) in [4.78, 5) is 16.0. The maximum absolute atomic E-state index is 11.9. The average Bonchev–Trinajstić information content (AvgIpc) is 2.81. The Bertz CT molecular complexity index is 524. The summed E-state index contributed by atoms with van der Waals surface area (Å²) in [6.45, 7) is 0.373. The van der Waals surface area contributed by atoms with Gasteiger partial charge in [0, 0.05) is 19.4 Å². The van der Waals surface area contributed by atoms with Crippen molar-refractivity contribution in [1.82, 2.24) is 14.9 Å². The fourth-order valence-corrected chi connectivity index (χ4v) is 1.82. The Hall–Kier alpha value is -1.81. The minimum atomic E-state index is -0.675. The Morgan fingerprint density at radius 2 is 2.17 bits per heavy atom. The van der Waals surface area contributed by atoms with Gasteiger partial charge in [-0.1, -0.05) is 30.3 Å². The van der Waals surface area contributed by atoms with Gasteiger partial charge < -0.3 is 9.88 Å². The van der Waals surface area contributed by atoms with Crippen LogP contribution < -0.4 is 5.32 Å². The molecule has 1 heterocycles. The van der Waals surface area contributed by atoms with Crippen LogP contribution in [0.5, 0.6) is 0 Å². The number of aryl methyl sites for hydroxylation is 1. The number of benzene rings is 1. The van der Waals surface area contributed by atoms with Crippen molar-refractivity contribution < 1.29 is 4.79 Å². The Morgan fingerprint density at radius 3 is 2.78 bits per heavy atom. The van der Waals surface area contributed by atoms with Crippen LogP contribution in [-0.2, 0) is 18.4 Å². The number of imidazole rings is 1. The summed E-state index contributed by atoms with van der Waals surface area (Å²) in [5.41, 5.74) is 0.788. The van der Waals surface area contributed by atoms with Crippen molar-refractivity contribution in [3.63, 3.8) is 0 Å². The third kappa shape index (κ3) is 2.90. The van der Waals surface area contributed by atoms with E-state index in [0.29, 0.717) is 6.54 Å². The second-order valence-corrected chi connectivity index (χ2v) is 4.38. The second kappa shape index (κ2) is 5.69. The van der Waals surface area contributed by atoms with Crippen molar-refractivity contribution in [3.05, 3.63) is 54.1 Å². The first-order valence-electron chi connectivity index (χ1n) is 5.61. The molecule has 0 fully saturated rings. The van der Waals surface area contributed by atoms with E-state index >= 15 is 0 Å². The van der Waals surface area contributed by atoms with Gasteiger partial charge in [-0.25, -0.2) is 4.98 Å². The predicted molar refractivity (Wildman–Crippen MR) is 70.1 cm³/mol. The molecule has 0 aliphatic heterocycles. The van der Waals surface area contributed by atoms with Gasteiger partial charge in [-0.05, 0) is 5.56 Å². The molecule has 0 aliphatic rings. The fourth-order valence-electron chi connectivity index (χ4n) is 1.60. The largest absolute Gasteiger partial charge is 0.347 e. The molecular weight excluding hydrogens is 250 g/mol. The lowest BCUT2D eigenvalue weighted by atomic mass is 10.1. The van der Waals surface area contributed by atoms with Crippen molar-refractivity contribution in [2.24, 2.45) is 7.05 Å². The summed E-state index contributed by atoms with van der Waals surface area (Å²) in [5, 5.41) is 2.10. The molecule has 0 saturated carbocycles. The molecule has 1 unspecified atom stereocenters. The molecule has 0 aliphatic carbocycles. The first-order chi connectivity index (χ1) is 8.68. The molecule has 0 saturated heterocycles. The molecule has 94 valence electrons. The summed E-state index contributed by atoms with van der Waals surface area (Å²) in [5.74, 6) is 0.575. The number of halogens is 1. The van der Waals surface area contributed by atoms with Crippen LogP contribution in [0.2, 0.25) is 0 Å². The van der Waals surface area contributed by atoms with Crippen LogP contribution in [0.15, 0.2) is 42.7 Å². The van der Waals surface area contributed by atoms with E-state index in [-0.39, 0.29) is 5.91 Å². The van der Waals surface area contributed by atoms with Gasteiger partial charge in [0.2, 0.25) is 5.91 Å². The van der Waals surface area contributed by atoms with E-state index in [1.807, 2.05) is 48.1 Å². The standard InChI is InChI=1S/C13H14ClN3O/c1-17-8-7-15-11(17)9-16-13(18)12(14)10-5-3-2-4-6-10/h2-8,12H,9H2,1H3,(H,16,18). The van der Waals surface area contributed by atoms with Gasteiger partial charge in [-0.15, -0.1) is 11.6 Å². The van der Waals surface area contributed by atoms with E-state index in [1.165, 1.54) is 0 Å². The zero-order valence-corrected chi connectivity index (χ0v) is 10.8. The molecule has 1 aromatic carbocycles. The van der Waals surface area contributed by atoms with Gasteiger partial charge in [-0.3, -0.25) is 4.79 Å². The molecule has 0 spiro atoms. The van der Waals surface area contributed by atoms with Crippen molar-refractivity contribution in [1.29, 1.82) is 0 Å². The molecule has 2 rings (SSSR count). The van der Waals surface area contributed by atoms with E-state index in [4.69, 9.17) is 11.6 Å². The monoisotopic (exact) mass is 263 g/mol. The Kier molecular flexibility index (Phi) is 3.99. The van der Waals surface area contributed by atoms with Crippen molar-refractivity contribution in [2.75, 3.05) is 0 Å². The highest BCUT2D eigenvalue weighted by atomic mass is 35.5. The lowest BCUT2D eigenvalue weighted by Crippen LogP contribution is -2.27. The second-order valence-electron chi connectivity index (χ2n) is 3.95. The number of nitrogens with zero attached hydrogens (tertiary/aromatic N) is 2. The highest BCUT2D eigenvalue weighted by molar-refractivity contribution is 6.30. The van der Waals surface area contributed by atoms with Crippen LogP contribution in [0, 0.1) is 0 Å². The summed E-state index contributed by atoms with van der Waals surface area (Å²) >= 11 is 6.10. The molecule has 0 bridgehead atoms. The van der Waals surface area contributed by atoms with Crippen molar-refractivity contribution in [3.8, 4) is 0 Å². The number of nitrogens with one attached hydrogen (secondary N) is 1. The van der Waals surface area contributed by atoms with Gasteiger partial charge in [-0.2, -0.15) is 0 Å². The number of alkyl halides is 1. The van der Waals surface area contributed by atoms with Gasteiger partial charge in [0.1, 0.15) is 11.2 Å². The highest BCUT2D eigenvalue weighted by Gasteiger charge is 2.17. The third-order valence-corrected chi connectivity index (χ3v) is 3.11. The molecule has 0 radical (unpaired) electrons. The molecule has 2 aromatic rings. The number of carbonyl (C=O) groups is 1.